The van der Waals surface area contributed by atoms with Gasteiger partial charge in [0, 0.05) is 23.2 Å². The van der Waals surface area contributed by atoms with E-state index in [2.05, 4.69) is 9.71 Å². The summed E-state index contributed by atoms with van der Waals surface area (Å²) in [7, 11) is -2.49. The standard InChI is InChI=1S/C14H16N2O4S2/c1-9-10(2)21-13(15-9)14(20-3)22(18,19)16-12-6-4-11(8-17)5-7-12/h4-8,14,16H,1-3H3. The molecule has 1 N–H and O–H groups in total. The summed E-state index contributed by atoms with van der Waals surface area (Å²) in [6.45, 7) is 3.70. The van der Waals surface area contributed by atoms with Crippen LogP contribution < -0.4 is 4.72 Å². The van der Waals surface area contributed by atoms with E-state index in [4.69, 9.17) is 4.74 Å². The van der Waals surface area contributed by atoms with Crippen molar-refractivity contribution in [3.05, 3.63) is 45.4 Å². The van der Waals surface area contributed by atoms with Gasteiger partial charge in [-0.05, 0) is 38.1 Å². The molecule has 2 aromatic rings. The number of ether oxygens (including phenoxy) is 1. The van der Waals surface area contributed by atoms with Gasteiger partial charge in [-0.2, -0.15) is 0 Å². The topological polar surface area (TPSA) is 85.4 Å². The number of carbonyl (C=O) groups excluding carboxylic acids is 1. The average Bonchev–Trinajstić information content (AvgIpc) is 2.79. The summed E-state index contributed by atoms with van der Waals surface area (Å²) in [5.41, 5.74) is 0.429. The number of carbonyl (C=O) groups is 1. The summed E-state index contributed by atoms with van der Waals surface area (Å²) < 4.78 is 32.5. The molecule has 0 amide bonds. The summed E-state index contributed by atoms with van der Waals surface area (Å²) >= 11 is 1.29. The number of rotatable bonds is 6. The number of aromatic nitrogens is 1. The monoisotopic (exact) mass is 340 g/mol. The lowest BCUT2D eigenvalue weighted by Crippen LogP contribution is -2.22. The van der Waals surface area contributed by atoms with Gasteiger partial charge < -0.3 is 4.74 Å². The Kier molecular flexibility index (Phi) is 4.94. The van der Waals surface area contributed by atoms with Gasteiger partial charge in [0.05, 0.1) is 5.69 Å². The van der Waals surface area contributed by atoms with Gasteiger partial charge in [0.25, 0.3) is 10.0 Å². The molecule has 0 aliphatic rings. The van der Waals surface area contributed by atoms with E-state index in [0.29, 0.717) is 22.5 Å². The zero-order valence-electron chi connectivity index (χ0n) is 12.4. The lowest BCUT2D eigenvalue weighted by atomic mass is 10.2. The highest BCUT2D eigenvalue weighted by molar-refractivity contribution is 7.92. The SMILES string of the molecule is COC(c1nc(C)c(C)s1)S(=O)(=O)Nc1ccc(C=O)cc1. The minimum Gasteiger partial charge on any atom is -0.357 e. The highest BCUT2D eigenvalue weighted by atomic mass is 32.2. The Bertz CT molecular complexity index is 747. The molecule has 6 nitrogen and oxygen atoms in total. The van der Waals surface area contributed by atoms with Gasteiger partial charge in [0.15, 0.2) is 0 Å². The lowest BCUT2D eigenvalue weighted by molar-refractivity contribution is 0.112. The summed E-state index contributed by atoms with van der Waals surface area (Å²) in [4.78, 5) is 15.8. The first-order valence-corrected chi connectivity index (χ1v) is 8.77. The molecule has 1 unspecified atom stereocenters. The maximum absolute atomic E-state index is 12.5. The van der Waals surface area contributed by atoms with Gasteiger partial charge in [-0.1, -0.05) is 0 Å². The van der Waals surface area contributed by atoms with Gasteiger partial charge in [0.1, 0.15) is 11.3 Å². The van der Waals surface area contributed by atoms with Crippen molar-refractivity contribution in [3.63, 3.8) is 0 Å². The van der Waals surface area contributed by atoms with Crippen molar-refractivity contribution in [2.24, 2.45) is 0 Å². The molecule has 0 spiro atoms. The maximum Gasteiger partial charge on any atom is 0.266 e. The summed E-state index contributed by atoms with van der Waals surface area (Å²) in [5, 5.41) is 0.384. The molecule has 0 bridgehead atoms. The van der Waals surface area contributed by atoms with Crippen LogP contribution in [0.5, 0.6) is 0 Å². The average molecular weight is 340 g/mol. The molecule has 1 aromatic heterocycles. The Morgan fingerprint density at radius 1 is 1.27 bits per heavy atom. The van der Waals surface area contributed by atoms with Gasteiger partial charge >= 0.3 is 0 Å². The van der Waals surface area contributed by atoms with Crippen molar-refractivity contribution >= 4 is 33.3 Å². The van der Waals surface area contributed by atoms with Gasteiger partial charge in [0.2, 0.25) is 5.44 Å². The number of aldehydes is 1. The largest absolute Gasteiger partial charge is 0.357 e. The van der Waals surface area contributed by atoms with E-state index in [9.17, 15) is 13.2 Å². The fourth-order valence-electron chi connectivity index (χ4n) is 1.81. The first-order valence-electron chi connectivity index (χ1n) is 6.41. The number of aryl methyl sites for hydroxylation is 2. The van der Waals surface area contributed by atoms with Crippen LogP contribution in [0, 0.1) is 13.8 Å². The fraction of sp³-hybridized carbons (Fsp3) is 0.286. The molecule has 1 aromatic carbocycles. The lowest BCUT2D eigenvalue weighted by Gasteiger charge is -2.15. The summed E-state index contributed by atoms with van der Waals surface area (Å²) in [6, 6.07) is 6.10. The van der Waals surface area contributed by atoms with Crippen LogP contribution in [0.15, 0.2) is 24.3 Å². The van der Waals surface area contributed by atoms with E-state index in [1.165, 1.54) is 42.7 Å². The molecule has 22 heavy (non-hydrogen) atoms. The molecule has 0 saturated heterocycles. The number of methoxy groups -OCH3 is 1. The van der Waals surface area contributed by atoms with Crippen LogP contribution in [0.4, 0.5) is 5.69 Å². The number of thiazole rings is 1. The number of anilines is 1. The third-order valence-corrected chi connectivity index (χ3v) is 5.81. The second-order valence-corrected chi connectivity index (χ2v) is 7.61. The number of hydrogen-bond donors (Lipinski definition) is 1. The second kappa shape index (κ2) is 6.55. The Balaban J connectivity index is 2.28. The van der Waals surface area contributed by atoms with Crippen LogP contribution in [0.1, 0.15) is 31.4 Å². The number of nitrogens with zero attached hydrogens (tertiary/aromatic N) is 1. The molecule has 0 aliphatic heterocycles. The Labute approximate surface area is 133 Å². The minimum atomic E-state index is -3.81. The quantitative estimate of drug-likeness (QED) is 0.817. The van der Waals surface area contributed by atoms with Crippen LogP contribution in [-0.4, -0.2) is 26.8 Å². The Hall–Kier alpha value is -1.77. The number of hydrogen-bond acceptors (Lipinski definition) is 6. The van der Waals surface area contributed by atoms with E-state index >= 15 is 0 Å². The maximum atomic E-state index is 12.5. The van der Waals surface area contributed by atoms with Crippen LogP contribution in [0.25, 0.3) is 0 Å². The minimum absolute atomic E-state index is 0.359. The second-order valence-electron chi connectivity index (χ2n) is 4.65. The van der Waals surface area contributed by atoms with E-state index in [0.717, 1.165) is 10.6 Å². The van der Waals surface area contributed by atoms with Gasteiger partial charge in [-0.3, -0.25) is 9.52 Å². The first-order chi connectivity index (χ1) is 10.4. The van der Waals surface area contributed by atoms with E-state index < -0.39 is 15.5 Å². The Morgan fingerprint density at radius 3 is 2.36 bits per heavy atom. The van der Waals surface area contributed by atoms with Gasteiger partial charge in [-0.25, -0.2) is 13.4 Å². The zero-order valence-corrected chi connectivity index (χ0v) is 14.0. The number of nitrogens with one attached hydrogen (secondary N) is 1. The zero-order chi connectivity index (χ0) is 16.3. The third kappa shape index (κ3) is 3.52. The Morgan fingerprint density at radius 2 is 1.91 bits per heavy atom. The smallest absolute Gasteiger partial charge is 0.266 e. The normalized spacial score (nSPS) is 12.9. The molecule has 0 saturated carbocycles. The first kappa shape index (κ1) is 16.6. The predicted octanol–water partition coefficient (Wildman–Crippen LogP) is 2.66. The van der Waals surface area contributed by atoms with E-state index in [-0.39, 0.29) is 0 Å². The van der Waals surface area contributed by atoms with Crippen molar-refractivity contribution in [2.45, 2.75) is 19.3 Å². The molecule has 0 fully saturated rings. The molecular weight excluding hydrogens is 324 g/mol. The van der Waals surface area contributed by atoms with E-state index in [1.807, 2.05) is 13.8 Å². The van der Waals surface area contributed by atoms with Crippen molar-refractivity contribution in [1.82, 2.24) is 4.98 Å². The van der Waals surface area contributed by atoms with E-state index in [1.54, 1.807) is 0 Å². The van der Waals surface area contributed by atoms with Crippen molar-refractivity contribution in [2.75, 3.05) is 11.8 Å². The highest BCUT2D eigenvalue weighted by Gasteiger charge is 2.30. The van der Waals surface area contributed by atoms with Crippen LogP contribution in [0.2, 0.25) is 0 Å². The molecule has 118 valence electrons. The third-order valence-electron chi connectivity index (χ3n) is 3.05. The fourth-order valence-corrected chi connectivity index (χ4v) is 4.36. The van der Waals surface area contributed by atoms with Crippen molar-refractivity contribution in [3.8, 4) is 0 Å². The molecular formula is C14H16N2O4S2. The summed E-state index contributed by atoms with van der Waals surface area (Å²) in [6.07, 6.45) is 0.692. The molecule has 8 heteroatoms. The molecule has 0 aliphatic carbocycles. The number of benzene rings is 1. The predicted molar refractivity (Wildman–Crippen MR) is 85.7 cm³/mol. The van der Waals surface area contributed by atoms with Gasteiger partial charge in [-0.15, -0.1) is 11.3 Å². The number of sulfonamides is 1. The van der Waals surface area contributed by atoms with Crippen molar-refractivity contribution in [1.29, 1.82) is 0 Å². The van der Waals surface area contributed by atoms with Crippen molar-refractivity contribution < 1.29 is 17.9 Å². The molecule has 2 rings (SSSR count). The summed E-state index contributed by atoms with van der Waals surface area (Å²) in [5.74, 6) is 0. The van der Waals surface area contributed by atoms with Crippen LogP contribution in [-0.2, 0) is 14.8 Å². The molecule has 1 heterocycles. The molecule has 0 radical (unpaired) electrons. The van der Waals surface area contributed by atoms with Crippen LogP contribution in [0.3, 0.4) is 0 Å². The molecule has 1 atom stereocenters. The highest BCUT2D eigenvalue weighted by Crippen LogP contribution is 2.30. The van der Waals surface area contributed by atoms with Crippen LogP contribution >= 0.6 is 11.3 Å².